The van der Waals surface area contributed by atoms with E-state index in [2.05, 4.69) is 59.4 Å². The minimum atomic E-state index is -0.191. The van der Waals surface area contributed by atoms with Crippen LogP contribution in [0.2, 0.25) is 8.67 Å². The molecule has 0 spiro atoms. The molecule has 10 nitrogen and oxygen atoms in total. The Morgan fingerprint density at radius 3 is 1.89 bits per heavy atom. The quantitative estimate of drug-likeness (QED) is 0.124. The molecule has 0 aliphatic carbocycles. The second-order valence-electron chi connectivity index (χ2n) is 17.6. The fraction of sp³-hybridized carbons (Fsp3) is 0.308. The summed E-state index contributed by atoms with van der Waals surface area (Å²) in [6.45, 7) is 11.0. The third kappa shape index (κ3) is 8.15. The highest BCUT2D eigenvalue weighted by Gasteiger charge is 2.42. The van der Waals surface area contributed by atoms with Crippen LogP contribution in [0.1, 0.15) is 74.6 Å². The molecule has 2 aromatic carbocycles. The van der Waals surface area contributed by atoms with Gasteiger partial charge in [-0.25, -0.2) is 9.97 Å². The maximum atomic E-state index is 13.3. The molecule has 8 heterocycles. The summed E-state index contributed by atoms with van der Waals surface area (Å²) in [4.78, 5) is 46.4. The molecule has 4 aromatic heterocycles. The molecule has 6 aromatic rings. The summed E-state index contributed by atoms with van der Waals surface area (Å²) >= 11 is 17.0. The lowest BCUT2D eigenvalue weighted by Crippen LogP contribution is -2.37. The van der Waals surface area contributed by atoms with Crippen LogP contribution in [-0.4, -0.2) is 93.3 Å². The first-order valence-electron chi connectivity index (χ1n) is 22.4. The lowest BCUT2D eigenvalue weighted by molar-refractivity contribution is -0.127. The van der Waals surface area contributed by atoms with Crippen molar-refractivity contribution in [1.29, 1.82) is 0 Å². The first kappa shape index (κ1) is 44.5. The maximum Gasteiger partial charge on any atom is 0.246 e. The third-order valence-electron chi connectivity index (χ3n) is 14.0. The number of carbonyl (C=O) groups is 2. The zero-order valence-corrected chi connectivity index (χ0v) is 39.5. The topological polar surface area (TPSA) is 113 Å². The van der Waals surface area contributed by atoms with Crippen LogP contribution >= 0.6 is 45.9 Å². The normalized spacial score (nSPS) is 21.5. The highest BCUT2D eigenvalue weighted by molar-refractivity contribution is 7.16. The van der Waals surface area contributed by atoms with Crippen molar-refractivity contribution >= 4 is 69.3 Å². The lowest BCUT2D eigenvalue weighted by Gasteiger charge is -2.35. The van der Waals surface area contributed by atoms with Gasteiger partial charge >= 0.3 is 0 Å². The third-order valence-corrected chi connectivity index (χ3v) is 16.7. The Kier molecular flexibility index (Phi) is 12.6. The number of thiophene rings is 2. The summed E-state index contributed by atoms with van der Waals surface area (Å²) in [5, 5.41) is 20.9. The van der Waals surface area contributed by atoms with Gasteiger partial charge in [-0.1, -0.05) is 84.9 Å². The zero-order valence-electron chi connectivity index (χ0n) is 36.4. The van der Waals surface area contributed by atoms with Crippen molar-refractivity contribution in [3.8, 4) is 22.3 Å². The number of anilines is 2. The number of aliphatic hydroxyl groups excluding tert-OH is 2. The number of hydrogen-bond acceptors (Lipinski definition) is 10. The van der Waals surface area contributed by atoms with Gasteiger partial charge in [0.2, 0.25) is 11.8 Å². The highest BCUT2D eigenvalue weighted by Crippen LogP contribution is 2.51. The van der Waals surface area contributed by atoms with Gasteiger partial charge in [-0.15, -0.1) is 22.7 Å². The van der Waals surface area contributed by atoms with E-state index in [1.165, 1.54) is 23.5 Å². The molecule has 338 valence electrons. The maximum absolute atomic E-state index is 13.3. The summed E-state index contributed by atoms with van der Waals surface area (Å²) in [5.41, 5.74) is 9.54. The number of halogens is 2. The smallest absolute Gasteiger partial charge is 0.246 e. The van der Waals surface area contributed by atoms with Crippen molar-refractivity contribution < 1.29 is 19.8 Å². The Labute approximate surface area is 403 Å². The van der Waals surface area contributed by atoms with Crippen LogP contribution < -0.4 is 9.80 Å². The van der Waals surface area contributed by atoms with Crippen LogP contribution in [0, 0.1) is 0 Å². The van der Waals surface area contributed by atoms with Gasteiger partial charge in [0.25, 0.3) is 0 Å². The molecule has 66 heavy (non-hydrogen) atoms. The summed E-state index contributed by atoms with van der Waals surface area (Å²) in [5.74, 6) is 1.13. The van der Waals surface area contributed by atoms with Gasteiger partial charge in [0.15, 0.2) is 0 Å². The van der Waals surface area contributed by atoms with Crippen molar-refractivity contribution in [2.75, 3.05) is 49.2 Å². The van der Waals surface area contributed by atoms with E-state index in [-0.39, 0.29) is 54.9 Å². The van der Waals surface area contributed by atoms with Crippen LogP contribution in [-0.2, 0) is 22.7 Å². The van der Waals surface area contributed by atoms with E-state index in [1.807, 2.05) is 64.7 Å². The summed E-state index contributed by atoms with van der Waals surface area (Å²) in [6.07, 6.45) is 9.23. The second-order valence-corrected chi connectivity index (χ2v) is 21.1. The van der Waals surface area contributed by atoms with E-state index in [9.17, 15) is 19.8 Å². The monoisotopic (exact) mass is 956 g/mol. The molecule has 0 saturated carbocycles. The van der Waals surface area contributed by atoms with Crippen LogP contribution in [0.25, 0.3) is 22.3 Å². The Balaban J connectivity index is 0.960. The predicted octanol–water partition coefficient (Wildman–Crippen LogP) is 9.88. The summed E-state index contributed by atoms with van der Waals surface area (Å²) in [7, 11) is 0. The molecule has 1 unspecified atom stereocenters. The Morgan fingerprint density at radius 2 is 1.29 bits per heavy atom. The second kappa shape index (κ2) is 18.7. The zero-order chi connectivity index (χ0) is 45.6. The van der Waals surface area contributed by atoms with Gasteiger partial charge in [-0.05, 0) is 101 Å². The number of aliphatic hydroxyl groups is 2. The van der Waals surface area contributed by atoms with Gasteiger partial charge in [0, 0.05) is 77.2 Å². The molecular weight excluding hydrogens is 908 g/mol. The van der Waals surface area contributed by atoms with Gasteiger partial charge in [-0.2, -0.15) is 0 Å². The van der Waals surface area contributed by atoms with E-state index < -0.39 is 0 Å². The average Bonchev–Trinajstić information content (AvgIpc) is 4.17. The van der Waals surface area contributed by atoms with Crippen LogP contribution in [0.5, 0.6) is 0 Å². The van der Waals surface area contributed by atoms with Gasteiger partial charge in [0.05, 0.1) is 47.1 Å². The van der Waals surface area contributed by atoms with Crippen molar-refractivity contribution in [3.63, 3.8) is 0 Å². The molecule has 14 heteroatoms. The van der Waals surface area contributed by atoms with Crippen LogP contribution in [0.3, 0.4) is 0 Å². The Bertz CT molecular complexity index is 2810. The fourth-order valence-electron chi connectivity index (χ4n) is 10.9. The van der Waals surface area contributed by atoms with E-state index in [0.29, 0.717) is 47.8 Å². The first-order valence-corrected chi connectivity index (χ1v) is 24.8. The predicted molar refractivity (Wildman–Crippen MR) is 266 cm³/mol. The van der Waals surface area contributed by atoms with E-state index in [4.69, 9.17) is 33.2 Å². The molecule has 0 radical (unpaired) electrons. The number of benzene rings is 2. The molecule has 2 fully saturated rings. The number of rotatable bonds is 11. The van der Waals surface area contributed by atoms with E-state index in [1.54, 1.807) is 11.3 Å². The van der Waals surface area contributed by atoms with Crippen LogP contribution in [0.15, 0.2) is 117 Å². The number of pyridine rings is 2. The van der Waals surface area contributed by atoms with Gasteiger partial charge in [0.1, 0.15) is 11.6 Å². The number of amides is 2. The average molecular weight is 958 g/mol. The van der Waals surface area contributed by atoms with Crippen LogP contribution in [0.4, 0.5) is 11.6 Å². The summed E-state index contributed by atoms with van der Waals surface area (Å²) in [6, 6.07) is 26.8. The molecule has 10 rings (SSSR count). The van der Waals surface area contributed by atoms with Gasteiger partial charge < -0.3 is 29.8 Å². The molecule has 2 N–H and O–H groups in total. The van der Waals surface area contributed by atoms with Gasteiger partial charge in [-0.3, -0.25) is 9.59 Å². The highest BCUT2D eigenvalue weighted by atomic mass is 35.5. The first-order chi connectivity index (χ1) is 32.2. The molecule has 0 bridgehead atoms. The molecule has 2 amide bonds. The Morgan fingerprint density at radius 1 is 0.697 bits per heavy atom. The molecule has 4 aliphatic rings. The standard InChI is InChI=1S/C52H50Cl2N6O4S2/c1-3-48(63)57-25-41(40-21-45(53)65-43(40)27-57)38-13-7-5-11-36(38)31-16-18-47(56-23-31)60-24-33(20-35(60)30-62)50-51-42(26-58(49(64)4-2)28-44(51)66-52(50)54)39-14-8-6-12-37(39)32-15-17-46(55-22-32)59-19-9-10-34(59)29-61/h3-8,11-18,21-23,33-35,41-42,61-62H,1-2,9-10,19-20,24-30H2/t33?,34-,35-,41-,42+/m1/s1. The molecule has 5 atom stereocenters. The van der Waals surface area contributed by atoms with E-state index >= 15 is 0 Å². The Hall–Kier alpha value is -5.34. The molecule has 2 saturated heterocycles. The largest absolute Gasteiger partial charge is 0.394 e. The number of fused-ring (bicyclic) bond motifs is 2. The fourth-order valence-corrected chi connectivity index (χ4v) is 13.9. The van der Waals surface area contributed by atoms with E-state index in [0.717, 1.165) is 90.8 Å². The minimum absolute atomic E-state index is 0.00629. The minimum Gasteiger partial charge on any atom is -0.394 e. The molecular formula is C52H50Cl2N6O4S2. The number of hydrogen-bond donors (Lipinski definition) is 2. The number of carbonyl (C=O) groups excluding carboxylic acids is 2. The lowest BCUT2D eigenvalue weighted by atomic mass is 9.79. The van der Waals surface area contributed by atoms with Crippen molar-refractivity contribution in [3.05, 3.63) is 163 Å². The van der Waals surface area contributed by atoms with Crippen molar-refractivity contribution in [2.45, 2.75) is 62.2 Å². The molecule has 4 aliphatic heterocycles. The summed E-state index contributed by atoms with van der Waals surface area (Å²) < 4.78 is 1.41. The number of aromatic nitrogens is 2. The van der Waals surface area contributed by atoms with Crippen molar-refractivity contribution in [1.82, 2.24) is 19.8 Å². The number of nitrogens with zero attached hydrogens (tertiary/aromatic N) is 6. The SMILES string of the molecule is C=CC(=O)N1Cc2sc(Cl)cc2[C@@H](c2ccccc2-c2ccc(N3CC(c4c(Cl)sc5c4[C@H](c4ccccc4-c4ccc(N6CCC[C@@H]6CO)nc4)CN(C(=O)C=C)C5)C[C@@H]3CO)nc2)C1. The van der Waals surface area contributed by atoms with Crippen molar-refractivity contribution in [2.24, 2.45) is 0 Å².